The minimum absolute atomic E-state index is 0.0988. The Morgan fingerprint density at radius 1 is 1.40 bits per heavy atom. The molecule has 0 amide bonds. The summed E-state index contributed by atoms with van der Waals surface area (Å²) in [5.74, 6) is -0.465. The fourth-order valence-corrected chi connectivity index (χ4v) is 2.24. The highest BCUT2D eigenvalue weighted by atomic mass is 35.5. The second-order valence-corrected chi connectivity index (χ2v) is 5.28. The van der Waals surface area contributed by atoms with Crippen molar-refractivity contribution in [2.45, 2.75) is 0 Å². The molecule has 0 unspecified atom stereocenters. The Morgan fingerprint density at radius 2 is 2.15 bits per heavy atom. The molecule has 1 aromatic rings. The molecule has 2 rings (SSSR count). The van der Waals surface area contributed by atoms with Crippen molar-refractivity contribution in [3.05, 3.63) is 29.0 Å². The molecule has 1 aliphatic heterocycles. The van der Waals surface area contributed by atoms with Gasteiger partial charge >= 0.3 is 0 Å². The number of thiocarbonyl (C=S) groups is 1. The summed E-state index contributed by atoms with van der Waals surface area (Å²) in [6.45, 7) is 5.11. The van der Waals surface area contributed by atoms with Crippen LogP contribution in [0.4, 0.5) is 10.1 Å². The third-order valence-electron chi connectivity index (χ3n) is 2.99. The number of hydrogen-bond donors (Lipinski definition) is 2. The number of halogens is 2. The van der Waals surface area contributed by atoms with Crippen molar-refractivity contribution < 1.29 is 9.13 Å². The number of ether oxygens (including phenoxy) is 1. The molecule has 1 fully saturated rings. The standard InChI is InChI=1S/C13H17ClFN3OS/c14-11-2-1-10(9-12(11)15)17-13(20)16-3-4-18-5-7-19-8-6-18/h1-2,9H,3-8H2,(H2,16,17,20). The third kappa shape index (κ3) is 4.86. The molecule has 20 heavy (non-hydrogen) atoms. The zero-order chi connectivity index (χ0) is 14.4. The summed E-state index contributed by atoms with van der Waals surface area (Å²) in [4.78, 5) is 2.31. The van der Waals surface area contributed by atoms with E-state index < -0.39 is 5.82 Å². The van der Waals surface area contributed by atoms with E-state index in [-0.39, 0.29) is 5.02 Å². The van der Waals surface area contributed by atoms with E-state index in [9.17, 15) is 4.39 Å². The Kier molecular flexibility index (Phi) is 5.97. The number of hydrogen-bond acceptors (Lipinski definition) is 3. The average Bonchev–Trinajstić information content (AvgIpc) is 2.44. The van der Waals surface area contributed by atoms with Crippen molar-refractivity contribution in [3.63, 3.8) is 0 Å². The molecule has 0 aromatic heterocycles. The van der Waals surface area contributed by atoms with E-state index in [4.69, 9.17) is 28.6 Å². The van der Waals surface area contributed by atoms with Crippen LogP contribution >= 0.6 is 23.8 Å². The Bertz CT molecular complexity index is 469. The van der Waals surface area contributed by atoms with Crippen LogP contribution in [-0.2, 0) is 4.74 Å². The van der Waals surface area contributed by atoms with Gasteiger partial charge in [0, 0.05) is 31.9 Å². The molecule has 0 bridgehead atoms. The van der Waals surface area contributed by atoms with Crippen LogP contribution < -0.4 is 10.6 Å². The fraction of sp³-hybridized carbons (Fsp3) is 0.462. The predicted octanol–water partition coefficient (Wildman–Crippen LogP) is 2.10. The molecule has 0 atom stereocenters. The van der Waals surface area contributed by atoms with Gasteiger partial charge in [0.25, 0.3) is 0 Å². The van der Waals surface area contributed by atoms with Crippen LogP contribution in [-0.4, -0.2) is 49.4 Å². The van der Waals surface area contributed by atoms with E-state index in [1.807, 2.05) is 0 Å². The van der Waals surface area contributed by atoms with Gasteiger partial charge in [-0.15, -0.1) is 0 Å². The maximum Gasteiger partial charge on any atom is 0.170 e. The molecule has 110 valence electrons. The zero-order valence-corrected chi connectivity index (χ0v) is 12.6. The lowest BCUT2D eigenvalue weighted by molar-refractivity contribution is 0.0389. The van der Waals surface area contributed by atoms with Gasteiger partial charge in [-0.1, -0.05) is 11.6 Å². The summed E-state index contributed by atoms with van der Waals surface area (Å²) >= 11 is 10.8. The lowest BCUT2D eigenvalue weighted by Crippen LogP contribution is -2.42. The van der Waals surface area contributed by atoms with E-state index >= 15 is 0 Å². The molecule has 7 heteroatoms. The number of nitrogens with zero attached hydrogens (tertiary/aromatic N) is 1. The number of benzene rings is 1. The van der Waals surface area contributed by atoms with Gasteiger partial charge in [0.05, 0.1) is 18.2 Å². The van der Waals surface area contributed by atoms with Crippen LogP contribution in [0.2, 0.25) is 5.02 Å². The van der Waals surface area contributed by atoms with Gasteiger partial charge in [0.15, 0.2) is 5.11 Å². The highest BCUT2D eigenvalue weighted by molar-refractivity contribution is 7.80. The quantitative estimate of drug-likeness (QED) is 0.832. The minimum atomic E-state index is -0.465. The molecule has 0 aliphatic carbocycles. The lowest BCUT2D eigenvalue weighted by atomic mass is 10.3. The second kappa shape index (κ2) is 7.73. The van der Waals surface area contributed by atoms with Crippen molar-refractivity contribution in [2.75, 3.05) is 44.7 Å². The highest BCUT2D eigenvalue weighted by Gasteiger charge is 2.09. The van der Waals surface area contributed by atoms with Crippen molar-refractivity contribution in [3.8, 4) is 0 Å². The number of anilines is 1. The van der Waals surface area contributed by atoms with E-state index in [2.05, 4.69) is 15.5 Å². The van der Waals surface area contributed by atoms with E-state index in [0.29, 0.717) is 10.8 Å². The number of morpholine rings is 1. The van der Waals surface area contributed by atoms with Gasteiger partial charge in [-0.25, -0.2) is 4.39 Å². The first-order chi connectivity index (χ1) is 9.65. The molecular formula is C13H17ClFN3OS. The van der Waals surface area contributed by atoms with Crippen molar-refractivity contribution in [1.82, 2.24) is 10.2 Å². The molecule has 1 aliphatic rings. The van der Waals surface area contributed by atoms with Crippen molar-refractivity contribution in [1.29, 1.82) is 0 Å². The summed E-state index contributed by atoms with van der Waals surface area (Å²) in [6, 6.07) is 4.50. The molecule has 4 nitrogen and oxygen atoms in total. The van der Waals surface area contributed by atoms with Crippen LogP contribution in [0.25, 0.3) is 0 Å². The summed E-state index contributed by atoms with van der Waals surface area (Å²) in [5, 5.41) is 6.59. The zero-order valence-electron chi connectivity index (χ0n) is 11.0. The van der Waals surface area contributed by atoms with Gasteiger partial charge in [-0.3, -0.25) is 4.90 Å². The van der Waals surface area contributed by atoms with Gasteiger partial charge in [-0.2, -0.15) is 0 Å². The first-order valence-corrected chi connectivity index (χ1v) is 7.24. The normalized spacial score (nSPS) is 15.9. The number of rotatable bonds is 4. The molecular weight excluding hydrogens is 301 g/mol. The molecule has 1 aromatic carbocycles. The van der Waals surface area contributed by atoms with Gasteiger partial charge in [0.1, 0.15) is 5.82 Å². The third-order valence-corrected chi connectivity index (χ3v) is 3.55. The number of nitrogens with one attached hydrogen (secondary N) is 2. The Labute approximate surface area is 128 Å². The Balaban J connectivity index is 1.70. The molecule has 2 N–H and O–H groups in total. The maximum atomic E-state index is 13.3. The van der Waals surface area contributed by atoms with Gasteiger partial charge < -0.3 is 15.4 Å². The summed E-state index contributed by atoms with van der Waals surface area (Å²) < 4.78 is 18.6. The smallest absolute Gasteiger partial charge is 0.170 e. The largest absolute Gasteiger partial charge is 0.379 e. The van der Waals surface area contributed by atoms with Gasteiger partial charge in [0.2, 0.25) is 0 Å². The van der Waals surface area contributed by atoms with Crippen LogP contribution in [0.3, 0.4) is 0 Å². The highest BCUT2D eigenvalue weighted by Crippen LogP contribution is 2.18. The summed E-state index contributed by atoms with van der Waals surface area (Å²) in [6.07, 6.45) is 0. The van der Waals surface area contributed by atoms with E-state index in [1.165, 1.54) is 12.1 Å². The lowest BCUT2D eigenvalue weighted by Gasteiger charge is -2.26. The summed E-state index contributed by atoms with van der Waals surface area (Å²) in [7, 11) is 0. The predicted molar refractivity (Wildman–Crippen MR) is 82.9 cm³/mol. The monoisotopic (exact) mass is 317 g/mol. The first-order valence-electron chi connectivity index (χ1n) is 6.45. The molecule has 1 saturated heterocycles. The maximum absolute atomic E-state index is 13.3. The average molecular weight is 318 g/mol. The topological polar surface area (TPSA) is 36.5 Å². The van der Waals surface area contributed by atoms with E-state index in [1.54, 1.807) is 6.07 Å². The summed E-state index contributed by atoms with van der Waals surface area (Å²) in [5.41, 5.74) is 0.579. The molecule has 1 heterocycles. The van der Waals surface area contributed by atoms with Crippen LogP contribution in [0, 0.1) is 5.82 Å². The van der Waals surface area contributed by atoms with Crippen molar-refractivity contribution in [2.24, 2.45) is 0 Å². The second-order valence-electron chi connectivity index (χ2n) is 4.46. The van der Waals surface area contributed by atoms with E-state index in [0.717, 1.165) is 39.4 Å². The van der Waals surface area contributed by atoms with Crippen LogP contribution in [0.5, 0.6) is 0 Å². The van der Waals surface area contributed by atoms with Crippen LogP contribution in [0.15, 0.2) is 18.2 Å². The molecule has 0 radical (unpaired) electrons. The van der Waals surface area contributed by atoms with Crippen molar-refractivity contribution >= 4 is 34.6 Å². The van der Waals surface area contributed by atoms with Gasteiger partial charge in [-0.05, 0) is 30.4 Å². The molecule has 0 spiro atoms. The Morgan fingerprint density at radius 3 is 2.85 bits per heavy atom. The van der Waals surface area contributed by atoms with Crippen LogP contribution in [0.1, 0.15) is 0 Å². The molecule has 0 saturated carbocycles. The minimum Gasteiger partial charge on any atom is -0.379 e. The SMILES string of the molecule is Fc1cc(NC(=S)NCCN2CCOCC2)ccc1Cl. The first kappa shape index (κ1) is 15.4. The Hall–Kier alpha value is -0.950. The fourth-order valence-electron chi connectivity index (χ4n) is 1.90.